The molecule has 6 rings (SSSR count). The molecular formula is C23H25N7O+. The zero-order valence-corrected chi connectivity index (χ0v) is 17.3. The van der Waals surface area contributed by atoms with E-state index in [1.165, 1.54) is 18.5 Å². The van der Waals surface area contributed by atoms with Gasteiger partial charge >= 0.3 is 0 Å². The van der Waals surface area contributed by atoms with Crippen LogP contribution < -0.4 is 15.1 Å². The minimum atomic E-state index is 0.115. The van der Waals surface area contributed by atoms with Crippen molar-refractivity contribution in [1.82, 2.24) is 20.0 Å². The van der Waals surface area contributed by atoms with Crippen molar-refractivity contribution < 1.29 is 4.79 Å². The average Bonchev–Trinajstić information content (AvgIpc) is 3.19. The van der Waals surface area contributed by atoms with Crippen LogP contribution in [0.2, 0.25) is 0 Å². The van der Waals surface area contributed by atoms with Crippen LogP contribution in [0.25, 0.3) is 0 Å². The third-order valence-corrected chi connectivity index (χ3v) is 6.26. The smallest absolute Gasteiger partial charge is 0.284 e. The van der Waals surface area contributed by atoms with Crippen LogP contribution in [0.15, 0.2) is 59.7 Å². The molecule has 1 aromatic carbocycles. The zero-order valence-electron chi connectivity index (χ0n) is 17.3. The number of nitrogens with zero attached hydrogens (tertiary/aromatic N) is 5. The average molecular weight is 416 g/mol. The normalized spacial score (nSPS) is 20.6. The SMILES string of the molecule is O=C(c1cccc(N2C=C(Nc3cc(C4CC4)[nH]n3)[N+]3C=CN=C3C2)c1)N1CCCC1. The lowest BCUT2D eigenvalue weighted by atomic mass is 10.1. The molecule has 2 fully saturated rings. The number of carbonyl (C=O) groups is 1. The van der Waals surface area contributed by atoms with Crippen LogP contribution in [0.4, 0.5) is 11.5 Å². The maximum Gasteiger partial charge on any atom is 0.284 e. The van der Waals surface area contributed by atoms with E-state index in [4.69, 9.17) is 0 Å². The lowest BCUT2D eigenvalue weighted by Crippen LogP contribution is -2.45. The summed E-state index contributed by atoms with van der Waals surface area (Å²) >= 11 is 0. The van der Waals surface area contributed by atoms with Gasteiger partial charge in [-0.2, -0.15) is 10.1 Å². The van der Waals surface area contributed by atoms with Gasteiger partial charge < -0.3 is 9.80 Å². The molecule has 8 nitrogen and oxygen atoms in total. The summed E-state index contributed by atoms with van der Waals surface area (Å²) in [5.74, 6) is 3.35. The van der Waals surface area contributed by atoms with E-state index >= 15 is 0 Å². The maximum absolute atomic E-state index is 12.9. The summed E-state index contributed by atoms with van der Waals surface area (Å²) in [6, 6.07) is 9.96. The summed E-state index contributed by atoms with van der Waals surface area (Å²) < 4.78 is 0. The largest absolute Gasteiger partial charge is 0.339 e. The van der Waals surface area contributed by atoms with Crippen LogP contribution >= 0.6 is 0 Å². The highest BCUT2D eigenvalue weighted by Crippen LogP contribution is 2.39. The van der Waals surface area contributed by atoms with Gasteiger partial charge in [-0.25, -0.2) is 0 Å². The van der Waals surface area contributed by atoms with Gasteiger partial charge in [0.25, 0.3) is 17.6 Å². The minimum Gasteiger partial charge on any atom is -0.339 e. The van der Waals surface area contributed by atoms with Crippen LogP contribution in [-0.2, 0) is 0 Å². The van der Waals surface area contributed by atoms with E-state index in [0.29, 0.717) is 12.5 Å². The van der Waals surface area contributed by atoms with Crippen LogP contribution in [-0.4, -0.2) is 46.5 Å². The molecule has 2 N–H and O–H groups in total. The predicted molar refractivity (Wildman–Crippen MR) is 120 cm³/mol. The number of likely N-dealkylation sites (tertiary alicyclic amines) is 1. The molecule has 0 unspecified atom stereocenters. The molecule has 0 bridgehead atoms. The van der Waals surface area contributed by atoms with Crippen molar-refractivity contribution in [3.63, 3.8) is 0 Å². The van der Waals surface area contributed by atoms with Crippen molar-refractivity contribution in [2.45, 2.75) is 31.6 Å². The molecule has 3 aliphatic heterocycles. The minimum absolute atomic E-state index is 0.115. The van der Waals surface area contributed by atoms with E-state index in [-0.39, 0.29) is 5.91 Å². The molecule has 1 aromatic heterocycles. The number of hydrogen-bond acceptors (Lipinski definition) is 6. The van der Waals surface area contributed by atoms with Crippen LogP contribution in [0.3, 0.4) is 0 Å². The highest BCUT2D eigenvalue weighted by atomic mass is 16.2. The lowest BCUT2D eigenvalue weighted by molar-refractivity contribution is 0.0793. The number of anilines is 2. The number of amidine groups is 1. The van der Waals surface area contributed by atoms with Gasteiger partial charge in [0.05, 0.1) is 12.4 Å². The van der Waals surface area contributed by atoms with Crippen molar-refractivity contribution in [2.75, 3.05) is 29.9 Å². The Balaban J connectivity index is 1.27. The Morgan fingerprint density at radius 2 is 2.06 bits per heavy atom. The predicted octanol–water partition coefficient (Wildman–Crippen LogP) is 3.28. The van der Waals surface area contributed by atoms with E-state index in [2.05, 4.69) is 37.7 Å². The summed E-state index contributed by atoms with van der Waals surface area (Å²) in [5, 5.41) is 11.0. The van der Waals surface area contributed by atoms with Crippen molar-refractivity contribution in [3.05, 3.63) is 66.0 Å². The third kappa shape index (κ3) is 3.53. The monoisotopic (exact) mass is 415 g/mol. The molecule has 4 heterocycles. The number of rotatable bonds is 5. The van der Waals surface area contributed by atoms with Gasteiger partial charge in [-0.05, 0) is 48.8 Å². The number of benzene rings is 1. The molecule has 8 heteroatoms. The first kappa shape index (κ1) is 18.4. The van der Waals surface area contributed by atoms with E-state index in [9.17, 15) is 4.79 Å². The molecule has 0 atom stereocenters. The topological polar surface area (TPSA) is 82.5 Å². The second-order valence-corrected chi connectivity index (χ2v) is 8.51. The molecular weight excluding hydrogens is 390 g/mol. The molecule has 1 aliphatic carbocycles. The van der Waals surface area contributed by atoms with Crippen LogP contribution in [0.1, 0.15) is 47.7 Å². The van der Waals surface area contributed by atoms with E-state index in [1.807, 2.05) is 46.5 Å². The maximum atomic E-state index is 12.9. The number of fused-ring (bicyclic) bond motifs is 1. The Morgan fingerprint density at radius 1 is 1.19 bits per heavy atom. The van der Waals surface area contributed by atoms with E-state index in [0.717, 1.165) is 54.7 Å². The molecule has 157 valence electrons. The van der Waals surface area contributed by atoms with Crippen LogP contribution in [0.5, 0.6) is 0 Å². The molecule has 1 radical (unpaired) electrons. The second kappa shape index (κ2) is 7.39. The fourth-order valence-corrected chi connectivity index (χ4v) is 4.39. The number of H-pyrrole nitrogens is 1. The number of amides is 1. The summed E-state index contributed by atoms with van der Waals surface area (Å²) in [6.45, 7) is 2.34. The zero-order chi connectivity index (χ0) is 20.8. The Labute approximate surface area is 180 Å². The fourth-order valence-electron chi connectivity index (χ4n) is 4.39. The Bertz CT molecular complexity index is 1100. The first-order chi connectivity index (χ1) is 15.2. The van der Waals surface area contributed by atoms with Gasteiger partial charge in [-0.15, -0.1) is 0 Å². The quantitative estimate of drug-likeness (QED) is 0.735. The van der Waals surface area contributed by atoms with Gasteiger partial charge in [-0.3, -0.25) is 15.2 Å². The number of aromatic amines is 1. The van der Waals surface area contributed by atoms with Gasteiger partial charge in [-0.1, -0.05) is 6.07 Å². The lowest BCUT2D eigenvalue weighted by Gasteiger charge is -2.26. The van der Waals surface area contributed by atoms with Gasteiger partial charge in [0.2, 0.25) is 0 Å². The number of hydrogen-bond donors (Lipinski definition) is 2. The highest BCUT2D eigenvalue weighted by molar-refractivity contribution is 5.97. The Kier molecular flexibility index (Phi) is 4.38. The van der Waals surface area contributed by atoms with Crippen molar-refractivity contribution in [3.8, 4) is 0 Å². The molecule has 1 saturated carbocycles. The fraction of sp³-hybridized carbons (Fsp3) is 0.348. The third-order valence-electron chi connectivity index (χ3n) is 6.26. The summed E-state index contributed by atoms with van der Waals surface area (Å²) in [6.07, 6.45) is 10.5. The molecule has 0 spiro atoms. The van der Waals surface area contributed by atoms with Gasteiger partial charge in [0, 0.05) is 42.0 Å². The van der Waals surface area contributed by atoms with Crippen molar-refractivity contribution in [1.29, 1.82) is 0 Å². The standard InChI is InChI=1S/C23H25N7O/c31-23(28-9-1-2-10-28)17-4-3-5-18(12-17)29-14-21-24-8-11-30(21)22(15-29)25-20-13-19(26-27-20)16-6-7-16/h3-5,8,11-13,15-16H,1-2,6-7,9-10,14H2,(H2,25,26,27)/q+1. The first-order valence-electron chi connectivity index (χ1n) is 11.0. The van der Waals surface area contributed by atoms with Crippen molar-refractivity contribution >= 4 is 23.2 Å². The molecule has 4 aliphatic rings. The molecule has 31 heavy (non-hydrogen) atoms. The number of nitrogens with one attached hydrogen (secondary N) is 2. The first-order valence-corrected chi connectivity index (χ1v) is 11.0. The second-order valence-electron chi connectivity index (χ2n) is 8.51. The number of carbonyl (C=O) groups excluding carboxylic acids is 1. The summed E-state index contributed by atoms with van der Waals surface area (Å²) in [7, 11) is 0. The van der Waals surface area contributed by atoms with E-state index in [1.54, 1.807) is 0 Å². The Morgan fingerprint density at radius 3 is 2.90 bits per heavy atom. The summed E-state index contributed by atoms with van der Waals surface area (Å²) in [4.78, 5) is 23.5. The number of aliphatic imine (C=N–C) groups is 1. The van der Waals surface area contributed by atoms with Gasteiger partial charge in [0.1, 0.15) is 6.54 Å². The molecule has 1 saturated heterocycles. The Hall–Kier alpha value is -3.39. The summed E-state index contributed by atoms with van der Waals surface area (Å²) in [5.41, 5.74) is 2.90. The van der Waals surface area contributed by atoms with E-state index < -0.39 is 0 Å². The number of aromatic nitrogens is 2. The van der Waals surface area contributed by atoms with Gasteiger partial charge in [0.15, 0.2) is 12.0 Å². The molecule has 2 aromatic rings. The molecule has 1 amide bonds. The van der Waals surface area contributed by atoms with Crippen molar-refractivity contribution in [2.24, 2.45) is 4.99 Å². The van der Waals surface area contributed by atoms with Crippen LogP contribution in [0, 0.1) is 0 Å². The highest BCUT2D eigenvalue weighted by Gasteiger charge is 2.38.